The van der Waals surface area contributed by atoms with Crippen LogP contribution < -0.4 is 11.1 Å². The molecule has 0 fully saturated rings. The molecule has 2 aromatic rings. The van der Waals surface area contributed by atoms with Crippen LogP contribution in [-0.4, -0.2) is 16.5 Å². The lowest BCUT2D eigenvalue weighted by Crippen LogP contribution is -2.14. The zero-order chi connectivity index (χ0) is 13.8. The Labute approximate surface area is 130 Å². The van der Waals surface area contributed by atoms with Gasteiger partial charge in [-0.25, -0.2) is 4.98 Å². The van der Waals surface area contributed by atoms with Gasteiger partial charge in [-0.3, -0.25) is 0 Å². The second-order valence-electron chi connectivity index (χ2n) is 4.09. The summed E-state index contributed by atoms with van der Waals surface area (Å²) in [4.78, 5) is 4.83. The lowest BCUT2D eigenvalue weighted by atomic mass is 10.1. The molecule has 1 aromatic heterocycles. The van der Waals surface area contributed by atoms with E-state index in [0.717, 1.165) is 39.4 Å². The molecule has 1 heterocycles. The molecule has 0 radical (unpaired) electrons. The quantitative estimate of drug-likeness (QED) is 0.805. The molecule has 6 heteroatoms. The zero-order valence-electron chi connectivity index (χ0n) is 10.4. The van der Waals surface area contributed by atoms with Crippen molar-refractivity contribution in [2.24, 2.45) is 5.73 Å². The number of nitrogens with one attached hydrogen (secondary N) is 1. The van der Waals surface area contributed by atoms with Crippen molar-refractivity contribution in [1.82, 2.24) is 4.98 Å². The van der Waals surface area contributed by atoms with Crippen LogP contribution in [0, 0.1) is 6.92 Å². The SMILES string of the molecule is Cc1nc(CCNc2ccc(Br)cc2C(N)=S)cs1. The van der Waals surface area contributed by atoms with Gasteiger partial charge in [0.25, 0.3) is 0 Å². The maximum Gasteiger partial charge on any atom is 0.106 e. The summed E-state index contributed by atoms with van der Waals surface area (Å²) in [6, 6.07) is 5.87. The molecule has 0 spiro atoms. The number of hydrogen-bond acceptors (Lipinski definition) is 4. The molecule has 0 unspecified atom stereocenters. The molecule has 0 aliphatic carbocycles. The number of anilines is 1. The number of nitrogens with zero attached hydrogens (tertiary/aromatic N) is 1. The average molecular weight is 356 g/mol. The highest BCUT2D eigenvalue weighted by atomic mass is 79.9. The fourth-order valence-electron chi connectivity index (χ4n) is 1.72. The highest BCUT2D eigenvalue weighted by Crippen LogP contribution is 2.21. The Hall–Kier alpha value is -0.980. The predicted molar refractivity (Wildman–Crippen MR) is 89.1 cm³/mol. The van der Waals surface area contributed by atoms with E-state index in [-0.39, 0.29) is 0 Å². The number of hydrogen-bond donors (Lipinski definition) is 2. The van der Waals surface area contributed by atoms with Crippen molar-refractivity contribution in [2.75, 3.05) is 11.9 Å². The Morgan fingerprint density at radius 2 is 2.32 bits per heavy atom. The molecule has 0 saturated heterocycles. The second kappa shape index (κ2) is 6.45. The fourth-order valence-corrected chi connectivity index (χ4v) is 2.90. The molecule has 19 heavy (non-hydrogen) atoms. The summed E-state index contributed by atoms with van der Waals surface area (Å²) in [5.74, 6) is 0. The number of benzene rings is 1. The zero-order valence-corrected chi connectivity index (χ0v) is 13.7. The summed E-state index contributed by atoms with van der Waals surface area (Å²) in [5.41, 5.74) is 8.67. The van der Waals surface area contributed by atoms with Crippen LogP contribution in [0.5, 0.6) is 0 Å². The van der Waals surface area contributed by atoms with E-state index in [1.165, 1.54) is 0 Å². The number of halogens is 1. The van der Waals surface area contributed by atoms with E-state index < -0.39 is 0 Å². The number of thiazole rings is 1. The largest absolute Gasteiger partial charge is 0.389 e. The molecule has 100 valence electrons. The van der Waals surface area contributed by atoms with Gasteiger partial charge in [0.05, 0.1) is 10.7 Å². The van der Waals surface area contributed by atoms with Gasteiger partial charge in [0.1, 0.15) is 4.99 Å². The third-order valence-electron chi connectivity index (χ3n) is 2.61. The minimum atomic E-state index is 0.397. The Morgan fingerprint density at radius 3 is 2.95 bits per heavy atom. The Balaban J connectivity index is 2.01. The number of rotatable bonds is 5. The van der Waals surface area contributed by atoms with Gasteiger partial charge in [-0.15, -0.1) is 11.3 Å². The van der Waals surface area contributed by atoms with Crippen molar-refractivity contribution in [3.63, 3.8) is 0 Å². The third kappa shape index (κ3) is 3.99. The monoisotopic (exact) mass is 355 g/mol. The first-order valence-corrected chi connectivity index (χ1v) is 7.88. The standard InChI is InChI=1S/C13H14BrN3S2/c1-8-17-10(7-19-8)4-5-16-12-3-2-9(14)6-11(12)13(15)18/h2-3,6-7,16H,4-5H2,1H3,(H2,15,18). The van der Waals surface area contributed by atoms with E-state index in [0.29, 0.717) is 4.99 Å². The summed E-state index contributed by atoms with van der Waals surface area (Å²) in [6.07, 6.45) is 0.886. The molecule has 3 nitrogen and oxygen atoms in total. The van der Waals surface area contributed by atoms with Crippen molar-refractivity contribution in [3.05, 3.63) is 44.3 Å². The van der Waals surface area contributed by atoms with Gasteiger partial charge in [-0.05, 0) is 25.1 Å². The number of nitrogens with two attached hydrogens (primary N) is 1. The molecule has 0 bridgehead atoms. The second-order valence-corrected chi connectivity index (χ2v) is 6.51. The summed E-state index contributed by atoms with van der Waals surface area (Å²) in [5, 5.41) is 6.55. The Morgan fingerprint density at radius 1 is 1.53 bits per heavy atom. The van der Waals surface area contributed by atoms with Crippen LogP contribution >= 0.6 is 39.5 Å². The highest BCUT2D eigenvalue weighted by Gasteiger charge is 2.06. The van der Waals surface area contributed by atoms with E-state index in [1.54, 1.807) is 11.3 Å². The van der Waals surface area contributed by atoms with Crippen molar-refractivity contribution in [1.29, 1.82) is 0 Å². The first-order chi connectivity index (χ1) is 9.06. The predicted octanol–water partition coefficient (Wildman–Crippen LogP) is 3.50. The summed E-state index contributed by atoms with van der Waals surface area (Å²) < 4.78 is 0.968. The normalized spacial score (nSPS) is 10.4. The van der Waals surface area contributed by atoms with E-state index in [4.69, 9.17) is 18.0 Å². The smallest absolute Gasteiger partial charge is 0.106 e. The van der Waals surface area contributed by atoms with E-state index in [1.807, 2.05) is 25.1 Å². The van der Waals surface area contributed by atoms with Crippen LogP contribution in [0.3, 0.4) is 0 Å². The average Bonchev–Trinajstić information content (AvgIpc) is 2.77. The molecule has 1 aromatic carbocycles. The molecular weight excluding hydrogens is 342 g/mol. The molecule has 0 atom stereocenters. The summed E-state index contributed by atoms with van der Waals surface area (Å²) in [6.45, 7) is 2.82. The van der Waals surface area contributed by atoms with Gasteiger partial charge in [-0.2, -0.15) is 0 Å². The van der Waals surface area contributed by atoms with Crippen LogP contribution in [-0.2, 0) is 6.42 Å². The van der Waals surface area contributed by atoms with Gasteiger partial charge in [0.2, 0.25) is 0 Å². The van der Waals surface area contributed by atoms with Crippen molar-refractivity contribution in [3.8, 4) is 0 Å². The maximum absolute atomic E-state index is 5.73. The number of aromatic nitrogens is 1. The fraction of sp³-hybridized carbons (Fsp3) is 0.231. The summed E-state index contributed by atoms with van der Waals surface area (Å²) >= 11 is 10.2. The molecular formula is C13H14BrN3S2. The van der Waals surface area contributed by atoms with Crippen molar-refractivity contribution >= 4 is 50.2 Å². The first-order valence-electron chi connectivity index (χ1n) is 5.80. The van der Waals surface area contributed by atoms with Crippen LogP contribution in [0.25, 0.3) is 0 Å². The van der Waals surface area contributed by atoms with Crippen LogP contribution in [0.2, 0.25) is 0 Å². The van der Waals surface area contributed by atoms with E-state index >= 15 is 0 Å². The van der Waals surface area contributed by atoms with Crippen molar-refractivity contribution < 1.29 is 0 Å². The molecule has 0 saturated carbocycles. The van der Waals surface area contributed by atoms with Gasteiger partial charge < -0.3 is 11.1 Å². The molecule has 0 aliphatic heterocycles. The highest BCUT2D eigenvalue weighted by molar-refractivity contribution is 9.10. The third-order valence-corrected chi connectivity index (χ3v) is 4.15. The van der Waals surface area contributed by atoms with E-state index in [2.05, 4.69) is 31.6 Å². The van der Waals surface area contributed by atoms with Crippen LogP contribution in [0.15, 0.2) is 28.1 Å². The first kappa shape index (κ1) is 14.4. The lowest BCUT2D eigenvalue weighted by molar-refractivity contribution is 0.968. The van der Waals surface area contributed by atoms with Gasteiger partial charge in [0.15, 0.2) is 0 Å². The van der Waals surface area contributed by atoms with Crippen LogP contribution in [0.4, 0.5) is 5.69 Å². The maximum atomic E-state index is 5.73. The van der Waals surface area contributed by atoms with Gasteiger partial charge >= 0.3 is 0 Å². The lowest BCUT2D eigenvalue weighted by Gasteiger charge is -2.11. The number of aryl methyl sites for hydroxylation is 1. The van der Waals surface area contributed by atoms with Gasteiger partial charge in [-0.1, -0.05) is 28.1 Å². The molecule has 2 rings (SSSR count). The van der Waals surface area contributed by atoms with Gasteiger partial charge in [0, 0.05) is 34.1 Å². The molecule has 0 amide bonds. The Kier molecular flexibility index (Phi) is 4.90. The van der Waals surface area contributed by atoms with Crippen molar-refractivity contribution in [2.45, 2.75) is 13.3 Å². The molecule has 3 N–H and O–H groups in total. The molecule has 0 aliphatic rings. The Bertz CT molecular complexity index is 595. The van der Waals surface area contributed by atoms with Crippen LogP contribution in [0.1, 0.15) is 16.3 Å². The summed E-state index contributed by atoms with van der Waals surface area (Å²) in [7, 11) is 0. The minimum absolute atomic E-state index is 0.397. The minimum Gasteiger partial charge on any atom is -0.389 e. The number of thiocarbonyl (C=S) groups is 1. The van der Waals surface area contributed by atoms with E-state index in [9.17, 15) is 0 Å². The topological polar surface area (TPSA) is 50.9 Å².